The van der Waals surface area contributed by atoms with E-state index in [1.165, 1.54) is 7.11 Å². The molecule has 0 spiro atoms. The van der Waals surface area contributed by atoms with Crippen molar-refractivity contribution in [1.82, 2.24) is 0 Å². The van der Waals surface area contributed by atoms with E-state index in [0.717, 1.165) is 11.3 Å². The summed E-state index contributed by atoms with van der Waals surface area (Å²) < 4.78 is 16.4. The van der Waals surface area contributed by atoms with Gasteiger partial charge in [0.2, 0.25) is 5.79 Å². The van der Waals surface area contributed by atoms with Crippen molar-refractivity contribution in [3.05, 3.63) is 22.7 Å². The number of ketones is 2. The zero-order chi connectivity index (χ0) is 21.7. The van der Waals surface area contributed by atoms with Crippen LogP contribution in [0.1, 0.15) is 75.7 Å². The van der Waals surface area contributed by atoms with Crippen LogP contribution in [0.4, 0.5) is 0 Å². The maximum atomic E-state index is 12.0. The van der Waals surface area contributed by atoms with Crippen molar-refractivity contribution >= 4 is 11.6 Å². The Balaban J connectivity index is 0.000000284. The van der Waals surface area contributed by atoms with Crippen molar-refractivity contribution in [2.45, 2.75) is 93.7 Å². The molecule has 0 radical (unpaired) electrons. The number of Topliss-reactive ketones (excluding diaryl/α,β-unsaturated/α-hetero) is 2. The first-order valence-electron chi connectivity index (χ1n) is 9.73. The summed E-state index contributed by atoms with van der Waals surface area (Å²) in [5.74, 6) is 0.806. The molecule has 0 aromatic carbocycles. The van der Waals surface area contributed by atoms with E-state index in [9.17, 15) is 14.7 Å². The van der Waals surface area contributed by atoms with Crippen LogP contribution in [0.5, 0.6) is 0 Å². The summed E-state index contributed by atoms with van der Waals surface area (Å²) >= 11 is 0. The van der Waals surface area contributed by atoms with Gasteiger partial charge in [0.25, 0.3) is 0 Å². The Hall–Kier alpha value is -1.66. The van der Waals surface area contributed by atoms with Crippen LogP contribution in [0.15, 0.2) is 22.7 Å². The van der Waals surface area contributed by atoms with Crippen LogP contribution in [0.3, 0.4) is 0 Å². The second kappa shape index (κ2) is 8.23. The molecule has 3 rings (SSSR count). The van der Waals surface area contributed by atoms with Crippen molar-refractivity contribution in [3.8, 4) is 0 Å². The molecule has 2 aliphatic carbocycles. The van der Waals surface area contributed by atoms with E-state index in [1.807, 2.05) is 48.5 Å². The van der Waals surface area contributed by atoms with Gasteiger partial charge in [-0.2, -0.15) is 0 Å². The van der Waals surface area contributed by atoms with E-state index in [2.05, 4.69) is 0 Å². The van der Waals surface area contributed by atoms with Crippen molar-refractivity contribution in [3.63, 3.8) is 0 Å². The lowest BCUT2D eigenvalue weighted by Crippen LogP contribution is -2.37. The van der Waals surface area contributed by atoms with Gasteiger partial charge in [-0.3, -0.25) is 9.59 Å². The van der Waals surface area contributed by atoms with E-state index in [-0.39, 0.29) is 30.5 Å². The number of hydrogen-bond donors (Lipinski definition) is 1. The Kier molecular flexibility index (Phi) is 7.20. The molecule has 2 atom stereocenters. The van der Waals surface area contributed by atoms with Gasteiger partial charge in [-0.1, -0.05) is 35.1 Å². The lowest BCUT2D eigenvalue weighted by molar-refractivity contribution is -0.139. The molecule has 3 aliphatic rings. The highest BCUT2D eigenvalue weighted by Gasteiger charge is 2.48. The number of methoxy groups -OCH3 is 1. The Bertz CT molecular complexity index is 738. The Morgan fingerprint density at radius 1 is 0.931 bits per heavy atom. The maximum absolute atomic E-state index is 12.0. The van der Waals surface area contributed by atoms with Crippen molar-refractivity contribution in [2.75, 3.05) is 7.11 Å². The minimum absolute atomic E-state index is 0. The Morgan fingerprint density at radius 3 is 1.93 bits per heavy atom. The lowest BCUT2D eigenvalue weighted by atomic mass is 9.74. The number of carbonyl (C=O) groups excluding carboxylic acids is 2. The third kappa shape index (κ3) is 4.92. The van der Waals surface area contributed by atoms with Crippen LogP contribution in [0.25, 0.3) is 0 Å². The third-order valence-electron chi connectivity index (χ3n) is 5.65. The molecule has 1 fully saturated rings. The summed E-state index contributed by atoms with van der Waals surface area (Å²) in [6.45, 7) is 14.9. The number of aliphatic hydroxyl groups is 1. The molecule has 0 unspecified atom stereocenters. The minimum Gasteiger partial charge on any atom is -0.498 e. The fraction of sp³-hybridized carbons (Fsp3) is 0.739. The van der Waals surface area contributed by atoms with E-state index >= 15 is 0 Å². The summed E-state index contributed by atoms with van der Waals surface area (Å²) in [6, 6.07) is 0. The molecule has 1 aliphatic heterocycles. The van der Waals surface area contributed by atoms with Crippen molar-refractivity contribution in [1.29, 1.82) is 0 Å². The highest BCUT2D eigenvalue weighted by Crippen LogP contribution is 2.44. The van der Waals surface area contributed by atoms with Gasteiger partial charge in [0, 0.05) is 35.8 Å². The Morgan fingerprint density at radius 2 is 1.41 bits per heavy atom. The molecule has 6 heteroatoms. The monoisotopic (exact) mass is 410 g/mol. The highest BCUT2D eigenvalue weighted by molar-refractivity contribution is 6.01. The molecular weight excluding hydrogens is 372 g/mol. The normalized spacial score (nSPS) is 29.3. The molecule has 6 nitrogen and oxygen atoms in total. The smallest absolute Gasteiger partial charge is 0.205 e. The molecule has 0 aromatic rings. The number of allylic oxidation sites excluding steroid dienone is 2. The van der Waals surface area contributed by atoms with Crippen LogP contribution in [-0.4, -0.2) is 41.8 Å². The first kappa shape index (κ1) is 25.4. The number of hydrogen-bond acceptors (Lipinski definition) is 6. The minimum atomic E-state index is -0.641. The number of carbonyl (C=O) groups is 2. The second-order valence-corrected chi connectivity index (χ2v) is 9.64. The predicted molar refractivity (Wildman–Crippen MR) is 112 cm³/mol. The van der Waals surface area contributed by atoms with Gasteiger partial charge in [0.15, 0.2) is 11.6 Å². The molecule has 1 N–H and O–H groups in total. The number of ether oxygens (including phenoxy) is 3. The highest BCUT2D eigenvalue weighted by atomic mass is 16.7. The van der Waals surface area contributed by atoms with Gasteiger partial charge in [0.1, 0.15) is 23.7 Å². The van der Waals surface area contributed by atoms with Gasteiger partial charge in [0.05, 0.1) is 7.11 Å². The van der Waals surface area contributed by atoms with Gasteiger partial charge in [-0.05, 0) is 26.7 Å². The summed E-state index contributed by atoms with van der Waals surface area (Å²) in [6.07, 6.45) is 0.458. The van der Waals surface area contributed by atoms with Gasteiger partial charge in [-0.25, -0.2) is 0 Å². The van der Waals surface area contributed by atoms with Gasteiger partial charge in [-0.15, -0.1) is 0 Å². The number of rotatable bonds is 1. The molecule has 1 saturated heterocycles. The molecule has 29 heavy (non-hydrogen) atoms. The second-order valence-electron chi connectivity index (χ2n) is 9.64. The molecule has 0 bridgehead atoms. The largest absolute Gasteiger partial charge is 0.498 e. The van der Waals surface area contributed by atoms with E-state index in [4.69, 9.17) is 14.2 Å². The summed E-state index contributed by atoms with van der Waals surface area (Å²) in [5, 5.41) is 9.66. The van der Waals surface area contributed by atoms with Crippen molar-refractivity contribution < 1.29 is 28.9 Å². The quantitative estimate of drug-likeness (QED) is 0.693. The summed E-state index contributed by atoms with van der Waals surface area (Å²) in [4.78, 5) is 23.7. The zero-order valence-electron chi connectivity index (χ0n) is 18.6. The van der Waals surface area contributed by atoms with Crippen LogP contribution < -0.4 is 0 Å². The van der Waals surface area contributed by atoms with E-state index in [0.29, 0.717) is 24.2 Å². The van der Waals surface area contributed by atoms with Crippen LogP contribution >= 0.6 is 0 Å². The van der Waals surface area contributed by atoms with Crippen molar-refractivity contribution in [2.24, 2.45) is 10.8 Å². The molecule has 0 saturated carbocycles. The van der Waals surface area contributed by atoms with Crippen LogP contribution in [0.2, 0.25) is 0 Å². The maximum Gasteiger partial charge on any atom is 0.205 e. The van der Waals surface area contributed by atoms with Crippen LogP contribution in [-0.2, 0) is 23.8 Å². The Labute approximate surface area is 175 Å². The third-order valence-corrected chi connectivity index (χ3v) is 5.65. The summed E-state index contributed by atoms with van der Waals surface area (Å²) in [7, 11) is 1.48. The van der Waals surface area contributed by atoms with Gasteiger partial charge >= 0.3 is 0 Å². The number of fused-ring (bicyclic) bond motifs is 1. The average molecular weight is 411 g/mol. The molecule has 166 valence electrons. The fourth-order valence-electron chi connectivity index (χ4n) is 4.21. The fourth-order valence-corrected chi connectivity index (χ4v) is 4.21. The average Bonchev–Trinajstić information content (AvgIpc) is 2.85. The van der Waals surface area contributed by atoms with Crippen LogP contribution in [0, 0.1) is 10.8 Å². The summed E-state index contributed by atoms with van der Waals surface area (Å²) in [5.41, 5.74) is 0.473. The first-order chi connectivity index (χ1) is 12.6. The van der Waals surface area contributed by atoms with E-state index < -0.39 is 17.3 Å². The standard InChI is InChI=1S/C12H18O3.C10H16O3.CH4/c1-7-9-8(14-12(4,5)15-9)6-11(2,3)10(7)13;1-6-8(13-4)7(11)5-10(2,3)9(6)12;/h8H,6H2,1-5H3;7,11H,5H2,1-4H3;1H4/t8-;7-;/m00./s1. The molecule has 1 heterocycles. The topological polar surface area (TPSA) is 82.1 Å². The predicted octanol–water partition coefficient (Wildman–Crippen LogP) is 4.31. The number of aliphatic hydroxyl groups excluding tert-OH is 1. The van der Waals surface area contributed by atoms with Gasteiger partial charge < -0.3 is 19.3 Å². The first-order valence-corrected chi connectivity index (χ1v) is 9.73. The SMILES string of the molecule is C.CC1=C2OC(C)(C)O[C@H]2CC(C)(C)C1=O.COC1=C(C)C(=O)C(C)(C)C[C@@H]1O. The lowest BCUT2D eigenvalue weighted by Gasteiger charge is -2.32. The zero-order valence-corrected chi connectivity index (χ0v) is 18.6. The molecule has 0 aromatic heterocycles. The molecular formula is C23H38O6. The molecule has 0 amide bonds. The van der Waals surface area contributed by atoms with E-state index in [1.54, 1.807) is 6.92 Å².